The summed E-state index contributed by atoms with van der Waals surface area (Å²) in [4.78, 5) is 2.24. The van der Waals surface area contributed by atoms with E-state index in [0.29, 0.717) is 19.8 Å². The first-order valence-electron chi connectivity index (χ1n) is 7.66. The van der Waals surface area contributed by atoms with Gasteiger partial charge in [-0.2, -0.15) is 0 Å². The molecule has 0 saturated carbocycles. The van der Waals surface area contributed by atoms with E-state index >= 15 is 0 Å². The van der Waals surface area contributed by atoms with Crippen molar-refractivity contribution in [2.75, 3.05) is 26.3 Å². The molecule has 122 valence electrons. The van der Waals surface area contributed by atoms with Crippen LogP contribution in [-0.4, -0.2) is 37.3 Å². The molecule has 0 bridgehead atoms. The van der Waals surface area contributed by atoms with Gasteiger partial charge in [0.1, 0.15) is 24.3 Å². The quantitative estimate of drug-likeness (QED) is 0.830. The molecule has 1 aliphatic heterocycles. The Labute approximate surface area is 140 Å². The number of nitrogens with zero attached hydrogens (tertiary/aromatic N) is 1. The number of benzene rings is 2. The summed E-state index contributed by atoms with van der Waals surface area (Å²) >= 11 is 5.72. The van der Waals surface area contributed by atoms with Gasteiger partial charge < -0.3 is 9.47 Å². The lowest BCUT2D eigenvalue weighted by Gasteiger charge is -2.32. The second-order valence-electron chi connectivity index (χ2n) is 5.60. The molecular weight excluding hydrogens is 317 g/mol. The first-order chi connectivity index (χ1) is 11.2. The van der Waals surface area contributed by atoms with Crippen LogP contribution in [-0.2, 0) is 11.3 Å². The average Bonchev–Trinajstić information content (AvgIpc) is 2.58. The van der Waals surface area contributed by atoms with E-state index in [1.165, 1.54) is 6.07 Å². The summed E-state index contributed by atoms with van der Waals surface area (Å²) in [5, 5.41) is 0.157. The second kappa shape index (κ2) is 7.77. The molecule has 1 heterocycles. The standard InChI is InChI=1S/C18H19ClFNO2/c19-17-7-6-14(10-18(17)20)11-21-8-9-22-16(12-21)13-23-15-4-2-1-3-5-15/h1-7,10,16H,8-9,11-13H2/t16-/m0/s1. The molecule has 1 aliphatic rings. The summed E-state index contributed by atoms with van der Waals surface area (Å²) in [6.07, 6.45) is 0.0149. The maximum Gasteiger partial charge on any atom is 0.142 e. The predicted molar refractivity (Wildman–Crippen MR) is 88.4 cm³/mol. The smallest absolute Gasteiger partial charge is 0.142 e. The molecule has 3 nitrogen and oxygen atoms in total. The Morgan fingerprint density at radius 2 is 2.04 bits per heavy atom. The van der Waals surface area contributed by atoms with Crippen LogP contribution in [0.5, 0.6) is 5.75 Å². The molecule has 0 amide bonds. The average molecular weight is 336 g/mol. The summed E-state index contributed by atoms with van der Waals surface area (Å²) in [5.74, 6) is 0.467. The number of hydrogen-bond donors (Lipinski definition) is 0. The fourth-order valence-electron chi connectivity index (χ4n) is 2.63. The largest absolute Gasteiger partial charge is 0.491 e. The number of para-hydroxylation sites is 1. The molecule has 2 aromatic rings. The zero-order chi connectivity index (χ0) is 16.1. The third-order valence-electron chi connectivity index (χ3n) is 3.79. The van der Waals surface area contributed by atoms with Crippen LogP contribution in [0.15, 0.2) is 48.5 Å². The maximum atomic E-state index is 13.5. The van der Waals surface area contributed by atoms with Gasteiger partial charge in [-0.25, -0.2) is 4.39 Å². The summed E-state index contributed by atoms with van der Waals surface area (Å²) in [5.41, 5.74) is 0.913. The predicted octanol–water partition coefficient (Wildman–Crippen LogP) is 3.76. The molecule has 3 rings (SSSR count). The molecule has 1 saturated heterocycles. The van der Waals surface area contributed by atoms with E-state index in [-0.39, 0.29) is 16.9 Å². The summed E-state index contributed by atoms with van der Waals surface area (Å²) in [6.45, 7) is 3.43. The van der Waals surface area contributed by atoms with Crippen LogP contribution < -0.4 is 4.74 Å². The van der Waals surface area contributed by atoms with Crippen molar-refractivity contribution in [2.24, 2.45) is 0 Å². The fraction of sp³-hybridized carbons (Fsp3) is 0.333. The first kappa shape index (κ1) is 16.2. The zero-order valence-electron chi connectivity index (χ0n) is 12.8. The molecule has 1 atom stereocenters. The van der Waals surface area contributed by atoms with E-state index in [2.05, 4.69) is 4.90 Å². The molecule has 0 radical (unpaired) electrons. The summed E-state index contributed by atoms with van der Waals surface area (Å²) in [6, 6.07) is 14.6. The van der Waals surface area contributed by atoms with Crippen LogP contribution in [0.25, 0.3) is 0 Å². The van der Waals surface area contributed by atoms with Gasteiger partial charge in [-0.3, -0.25) is 4.90 Å². The lowest BCUT2D eigenvalue weighted by Crippen LogP contribution is -2.44. The molecule has 23 heavy (non-hydrogen) atoms. The molecule has 2 aromatic carbocycles. The lowest BCUT2D eigenvalue weighted by atomic mass is 10.2. The number of rotatable bonds is 5. The van der Waals surface area contributed by atoms with Crippen molar-refractivity contribution in [3.63, 3.8) is 0 Å². The second-order valence-corrected chi connectivity index (χ2v) is 6.01. The number of halogens is 2. The Kier molecular flexibility index (Phi) is 5.49. The fourth-order valence-corrected chi connectivity index (χ4v) is 2.74. The Balaban J connectivity index is 1.52. The van der Waals surface area contributed by atoms with Gasteiger partial charge in [0.15, 0.2) is 0 Å². The number of morpholine rings is 1. The highest BCUT2D eigenvalue weighted by molar-refractivity contribution is 6.30. The third-order valence-corrected chi connectivity index (χ3v) is 4.10. The summed E-state index contributed by atoms with van der Waals surface area (Å²) < 4.78 is 25.0. The van der Waals surface area contributed by atoms with Crippen LogP contribution in [0.4, 0.5) is 4.39 Å². The highest BCUT2D eigenvalue weighted by atomic mass is 35.5. The van der Waals surface area contributed by atoms with E-state index < -0.39 is 0 Å². The van der Waals surface area contributed by atoms with Gasteiger partial charge in [-0.15, -0.1) is 0 Å². The maximum absolute atomic E-state index is 13.5. The van der Waals surface area contributed by atoms with Crippen molar-refractivity contribution in [2.45, 2.75) is 12.6 Å². The van der Waals surface area contributed by atoms with Crippen LogP contribution >= 0.6 is 11.6 Å². The van der Waals surface area contributed by atoms with Crippen LogP contribution in [0.2, 0.25) is 5.02 Å². The van der Waals surface area contributed by atoms with E-state index in [0.717, 1.165) is 24.4 Å². The van der Waals surface area contributed by atoms with Crippen LogP contribution in [0.3, 0.4) is 0 Å². The number of ether oxygens (including phenoxy) is 2. The Bertz CT molecular complexity index is 638. The Hall–Kier alpha value is -1.62. The van der Waals surface area contributed by atoms with Gasteiger partial charge in [-0.1, -0.05) is 35.9 Å². The van der Waals surface area contributed by atoms with E-state index in [9.17, 15) is 4.39 Å². The molecule has 5 heteroatoms. The summed E-state index contributed by atoms with van der Waals surface area (Å²) in [7, 11) is 0. The van der Waals surface area contributed by atoms with Crippen molar-refractivity contribution < 1.29 is 13.9 Å². The highest BCUT2D eigenvalue weighted by Gasteiger charge is 2.21. The molecule has 0 aliphatic carbocycles. The van der Waals surface area contributed by atoms with Gasteiger partial charge >= 0.3 is 0 Å². The van der Waals surface area contributed by atoms with E-state index in [1.807, 2.05) is 36.4 Å². The SMILES string of the molecule is Fc1cc(CN2CCO[C@H](COc3ccccc3)C2)ccc1Cl. The molecule has 0 aromatic heterocycles. The normalized spacial score (nSPS) is 18.8. The van der Waals surface area contributed by atoms with Gasteiger partial charge in [0.25, 0.3) is 0 Å². The van der Waals surface area contributed by atoms with Crippen molar-refractivity contribution >= 4 is 11.6 Å². The Morgan fingerprint density at radius 3 is 2.83 bits per heavy atom. The van der Waals surface area contributed by atoms with E-state index in [4.69, 9.17) is 21.1 Å². The van der Waals surface area contributed by atoms with Gasteiger partial charge in [0.2, 0.25) is 0 Å². The molecule has 0 N–H and O–H groups in total. The molecule has 1 fully saturated rings. The van der Waals surface area contributed by atoms with Crippen molar-refractivity contribution in [1.29, 1.82) is 0 Å². The highest BCUT2D eigenvalue weighted by Crippen LogP contribution is 2.18. The van der Waals surface area contributed by atoms with Crippen molar-refractivity contribution in [3.05, 3.63) is 64.9 Å². The topological polar surface area (TPSA) is 21.7 Å². The van der Waals surface area contributed by atoms with Crippen molar-refractivity contribution in [3.8, 4) is 5.75 Å². The Morgan fingerprint density at radius 1 is 1.22 bits per heavy atom. The third kappa shape index (κ3) is 4.67. The van der Waals surface area contributed by atoms with Gasteiger partial charge in [-0.05, 0) is 29.8 Å². The molecule has 0 spiro atoms. The zero-order valence-corrected chi connectivity index (χ0v) is 13.5. The van der Waals surface area contributed by atoms with Crippen LogP contribution in [0.1, 0.15) is 5.56 Å². The minimum Gasteiger partial charge on any atom is -0.491 e. The van der Waals surface area contributed by atoms with E-state index in [1.54, 1.807) is 6.07 Å². The van der Waals surface area contributed by atoms with Crippen LogP contribution in [0, 0.1) is 5.82 Å². The molecular formula is C18H19ClFNO2. The monoisotopic (exact) mass is 335 g/mol. The minimum atomic E-state index is -0.374. The van der Waals surface area contributed by atoms with Crippen molar-refractivity contribution in [1.82, 2.24) is 4.90 Å². The van der Waals surface area contributed by atoms with Gasteiger partial charge in [0, 0.05) is 19.6 Å². The molecule has 0 unspecified atom stereocenters. The lowest BCUT2D eigenvalue weighted by molar-refractivity contribution is -0.0504. The number of hydrogen-bond acceptors (Lipinski definition) is 3. The minimum absolute atomic E-state index is 0.0149. The van der Waals surface area contributed by atoms with Gasteiger partial charge in [0.05, 0.1) is 11.6 Å². The first-order valence-corrected chi connectivity index (χ1v) is 8.04.